The minimum absolute atomic E-state index is 0.0220. The van der Waals surface area contributed by atoms with Crippen LogP contribution in [-0.4, -0.2) is 44.5 Å². The molecule has 0 aromatic carbocycles. The summed E-state index contributed by atoms with van der Waals surface area (Å²) in [7, 11) is 1.36. The molecule has 1 aliphatic rings. The molecule has 0 spiro atoms. The van der Waals surface area contributed by atoms with Crippen LogP contribution in [0.4, 0.5) is 4.79 Å². The van der Waals surface area contributed by atoms with Crippen LogP contribution in [-0.2, 0) is 19.0 Å². The first-order valence-corrected chi connectivity index (χ1v) is 6.46. The van der Waals surface area contributed by atoms with Crippen molar-refractivity contribution in [1.82, 2.24) is 5.32 Å². The normalized spacial score (nSPS) is 23.6. The summed E-state index contributed by atoms with van der Waals surface area (Å²) in [5, 5.41) is 2.69. The van der Waals surface area contributed by atoms with Crippen LogP contribution in [0.3, 0.4) is 0 Å². The van der Waals surface area contributed by atoms with E-state index in [1.165, 1.54) is 7.11 Å². The largest absolute Gasteiger partial charge is 0.469 e. The number of amides is 1. The van der Waals surface area contributed by atoms with Crippen LogP contribution in [0.2, 0.25) is 0 Å². The Morgan fingerprint density at radius 1 is 1.37 bits per heavy atom. The summed E-state index contributed by atoms with van der Waals surface area (Å²) in [6.07, 6.45) is 0.248. The lowest BCUT2D eigenvalue weighted by molar-refractivity contribution is -0.153. The third kappa shape index (κ3) is 5.46. The number of carbonyl (C=O) groups excluding carboxylic acids is 2. The Balaban J connectivity index is 2.45. The third-order valence-corrected chi connectivity index (χ3v) is 2.91. The molecular weight excluding hydrogens is 250 g/mol. The van der Waals surface area contributed by atoms with Gasteiger partial charge in [-0.25, -0.2) is 4.79 Å². The minimum atomic E-state index is -0.526. The first-order chi connectivity index (χ1) is 8.83. The van der Waals surface area contributed by atoms with Crippen molar-refractivity contribution < 1.29 is 23.8 Å². The number of esters is 1. The quantitative estimate of drug-likeness (QED) is 0.785. The summed E-state index contributed by atoms with van der Waals surface area (Å²) < 4.78 is 15.2. The van der Waals surface area contributed by atoms with Crippen molar-refractivity contribution in [3.63, 3.8) is 0 Å². The van der Waals surface area contributed by atoms with Crippen molar-refractivity contribution in [2.75, 3.05) is 26.9 Å². The number of hydrogen-bond donors (Lipinski definition) is 1. The Kier molecular flexibility index (Phi) is 5.60. The molecule has 1 aliphatic heterocycles. The third-order valence-electron chi connectivity index (χ3n) is 2.91. The number of ether oxygens (including phenoxy) is 3. The summed E-state index contributed by atoms with van der Waals surface area (Å²) in [6.45, 7) is 6.73. The Labute approximate surface area is 113 Å². The van der Waals surface area contributed by atoms with Crippen molar-refractivity contribution >= 4 is 12.1 Å². The summed E-state index contributed by atoms with van der Waals surface area (Å²) in [5.74, 6) is -0.599. The molecule has 6 heteroatoms. The van der Waals surface area contributed by atoms with E-state index in [0.717, 1.165) is 6.42 Å². The van der Waals surface area contributed by atoms with Crippen molar-refractivity contribution in [2.45, 2.75) is 32.8 Å². The molecule has 1 fully saturated rings. The fraction of sp³-hybridized carbons (Fsp3) is 0.846. The molecule has 1 heterocycles. The molecule has 110 valence electrons. The number of hydrogen-bond acceptors (Lipinski definition) is 5. The number of carbonyl (C=O) groups is 2. The van der Waals surface area contributed by atoms with Gasteiger partial charge in [-0.05, 0) is 33.1 Å². The smallest absolute Gasteiger partial charge is 0.407 e. The minimum Gasteiger partial charge on any atom is -0.469 e. The van der Waals surface area contributed by atoms with Gasteiger partial charge in [-0.1, -0.05) is 0 Å². The van der Waals surface area contributed by atoms with E-state index in [1.807, 2.05) is 0 Å². The van der Waals surface area contributed by atoms with E-state index in [0.29, 0.717) is 19.8 Å². The highest BCUT2D eigenvalue weighted by Gasteiger charge is 2.33. The van der Waals surface area contributed by atoms with Gasteiger partial charge < -0.3 is 19.5 Å². The van der Waals surface area contributed by atoms with Crippen LogP contribution in [0.5, 0.6) is 0 Å². The lowest BCUT2D eigenvalue weighted by Gasteiger charge is -2.30. The molecule has 19 heavy (non-hydrogen) atoms. The van der Waals surface area contributed by atoms with Gasteiger partial charge in [0, 0.05) is 13.2 Å². The maximum Gasteiger partial charge on any atom is 0.407 e. The van der Waals surface area contributed by atoms with Crippen LogP contribution in [0.1, 0.15) is 27.2 Å². The zero-order chi connectivity index (χ0) is 14.5. The predicted octanol–water partition coefficient (Wildman–Crippen LogP) is 1.34. The maximum atomic E-state index is 11.6. The molecule has 0 unspecified atom stereocenters. The van der Waals surface area contributed by atoms with E-state index in [4.69, 9.17) is 14.2 Å². The summed E-state index contributed by atoms with van der Waals surface area (Å²) in [6, 6.07) is 0. The van der Waals surface area contributed by atoms with Crippen LogP contribution in [0.25, 0.3) is 0 Å². The molecule has 0 bridgehead atoms. The molecule has 1 amide bonds. The van der Waals surface area contributed by atoms with Gasteiger partial charge in [0.05, 0.1) is 19.6 Å². The van der Waals surface area contributed by atoms with Crippen LogP contribution < -0.4 is 5.32 Å². The zero-order valence-corrected chi connectivity index (χ0v) is 12.0. The molecule has 0 aliphatic carbocycles. The predicted molar refractivity (Wildman–Crippen MR) is 68.7 cm³/mol. The van der Waals surface area contributed by atoms with Gasteiger partial charge in [0.15, 0.2) is 0 Å². The first kappa shape index (κ1) is 15.8. The van der Waals surface area contributed by atoms with Crippen LogP contribution in [0, 0.1) is 11.8 Å². The number of nitrogens with one attached hydrogen (secondary N) is 1. The zero-order valence-electron chi connectivity index (χ0n) is 12.0. The van der Waals surface area contributed by atoms with Crippen LogP contribution in [0.15, 0.2) is 0 Å². The second kappa shape index (κ2) is 6.75. The fourth-order valence-corrected chi connectivity index (χ4v) is 1.97. The Bertz CT molecular complexity index is 323. The molecule has 0 aromatic rings. The molecule has 1 N–H and O–H groups in total. The van der Waals surface area contributed by atoms with Crippen LogP contribution >= 0.6 is 0 Å². The van der Waals surface area contributed by atoms with Gasteiger partial charge in [-0.15, -0.1) is 0 Å². The highest BCUT2D eigenvalue weighted by molar-refractivity contribution is 5.73. The second-order valence-electron chi connectivity index (χ2n) is 5.64. The van der Waals surface area contributed by atoms with E-state index in [1.54, 1.807) is 20.8 Å². The highest BCUT2D eigenvalue weighted by atomic mass is 16.6. The van der Waals surface area contributed by atoms with Gasteiger partial charge in [0.2, 0.25) is 0 Å². The van der Waals surface area contributed by atoms with Crippen molar-refractivity contribution in [1.29, 1.82) is 0 Å². The summed E-state index contributed by atoms with van der Waals surface area (Å²) >= 11 is 0. The van der Waals surface area contributed by atoms with E-state index in [2.05, 4.69) is 5.32 Å². The van der Waals surface area contributed by atoms with Gasteiger partial charge in [0.1, 0.15) is 5.60 Å². The van der Waals surface area contributed by atoms with Crippen molar-refractivity contribution in [2.24, 2.45) is 11.8 Å². The van der Waals surface area contributed by atoms with Crippen molar-refractivity contribution in [3.05, 3.63) is 0 Å². The fourth-order valence-electron chi connectivity index (χ4n) is 1.97. The van der Waals surface area contributed by atoms with Gasteiger partial charge in [0.25, 0.3) is 0 Å². The lowest BCUT2D eigenvalue weighted by Crippen LogP contribution is -2.42. The number of methoxy groups -OCH3 is 1. The highest BCUT2D eigenvalue weighted by Crippen LogP contribution is 2.22. The Morgan fingerprint density at radius 3 is 2.63 bits per heavy atom. The number of alkyl carbamates (subject to hydrolysis) is 1. The molecular formula is C13H23NO5. The Hall–Kier alpha value is -1.30. The average Bonchev–Trinajstić information content (AvgIpc) is 2.33. The van der Waals surface area contributed by atoms with Gasteiger partial charge in [-0.3, -0.25) is 4.79 Å². The molecule has 0 aromatic heterocycles. The lowest BCUT2D eigenvalue weighted by atomic mass is 9.88. The van der Waals surface area contributed by atoms with E-state index < -0.39 is 11.7 Å². The summed E-state index contributed by atoms with van der Waals surface area (Å²) in [4.78, 5) is 23.2. The van der Waals surface area contributed by atoms with E-state index >= 15 is 0 Å². The standard InChI is InChI=1S/C13H23NO5/c1-13(2,3)19-12(16)14-7-9-5-6-18-8-10(9)11(15)17-4/h9-10H,5-8H2,1-4H3,(H,14,16)/t9-,10-/m0/s1. The molecule has 0 radical (unpaired) electrons. The monoisotopic (exact) mass is 273 g/mol. The van der Waals surface area contributed by atoms with E-state index in [9.17, 15) is 9.59 Å². The van der Waals surface area contributed by atoms with Gasteiger partial charge >= 0.3 is 12.1 Å². The maximum absolute atomic E-state index is 11.6. The molecule has 1 rings (SSSR count). The number of rotatable bonds is 3. The molecule has 1 saturated heterocycles. The summed E-state index contributed by atoms with van der Waals surface area (Å²) in [5.41, 5.74) is -0.526. The molecule has 2 atom stereocenters. The van der Waals surface area contributed by atoms with Crippen molar-refractivity contribution in [3.8, 4) is 0 Å². The van der Waals surface area contributed by atoms with Gasteiger partial charge in [-0.2, -0.15) is 0 Å². The van der Waals surface area contributed by atoms with E-state index in [-0.39, 0.29) is 17.8 Å². The second-order valence-corrected chi connectivity index (χ2v) is 5.64. The Morgan fingerprint density at radius 2 is 2.05 bits per heavy atom. The SMILES string of the molecule is COC(=O)[C@H]1COCC[C@H]1CNC(=O)OC(C)(C)C. The topological polar surface area (TPSA) is 73.9 Å². The average molecular weight is 273 g/mol. The molecule has 6 nitrogen and oxygen atoms in total. The molecule has 0 saturated carbocycles. The first-order valence-electron chi connectivity index (χ1n) is 6.46.